The van der Waals surface area contributed by atoms with Crippen molar-refractivity contribution in [3.05, 3.63) is 0 Å². The molecule has 0 aromatic rings. The van der Waals surface area contributed by atoms with E-state index in [1.807, 2.05) is 0 Å². The number of amides is 1. The van der Waals surface area contributed by atoms with Gasteiger partial charge < -0.3 is 10.2 Å². The van der Waals surface area contributed by atoms with Crippen LogP contribution in [0.4, 0.5) is 0 Å². The van der Waals surface area contributed by atoms with Crippen molar-refractivity contribution in [2.45, 2.75) is 64.8 Å². The maximum absolute atomic E-state index is 12.2. The monoisotopic (exact) mass is 276 g/mol. The Morgan fingerprint density at radius 2 is 1.83 bits per heavy atom. The van der Waals surface area contributed by atoms with Crippen molar-refractivity contribution in [3.8, 4) is 0 Å². The largest absolute Gasteiger partial charge is 0.340 e. The first-order chi connectivity index (χ1) is 8.29. The van der Waals surface area contributed by atoms with Crippen LogP contribution >= 0.6 is 12.4 Å². The number of nitrogens with one attached hydrogen (secondary N) is 1. The van der Waals surface area contributed by atoms with Gasteiger partial charge >= 0.3 is 0 Å². The lowest BCUT2D eigenvalue weighted by atomic mass is 10.0. The normalized spacial score (nSPS) is 16.1. The van der Waals surface area contributed by atoms with Crippen molar-refractivity contribution in [2.24, 2.45) is 0 Å². The van der Waals surface area contributed by atoms with Gasteiger partial charge in [-0.2, -0.15) is 0 Å². The van der Waals surface area contributed by atoms with E-state index in [1.165, 1.54) is 12.8 Å². The molecule has 18 heavy (non-hydrogen) atoms. The topological polar surface area (TPSA) is 32.3 Å². The average Bonchev–Trinajstić information content (AvgIpc) is 2.37. The third-order valence-corrected chi connectivity index (χ3v) is 3.53. The van der Waals surface area contributed by atoms with E-state index in [-0.39, 0.29) is 12.4 Å². The van der Waals surface area contributed by atoms with Crippen molar-refractivity contribution < 1.29 is 4.79 Å². The molecule has 0 saturated carbocycles. The molecule has 0 atom stereocenters. The summed E-state index contributed by atoms with van der Waals surface area (Å²) >= 11 is 0. The molecule has 0 aliphatic carbocycles. The van der Waals surface area contributed by atoms with Gasteiger partial charge in [0.1, 0.15) is 0 Å². The van der Waals surface area contributed by atoms with Crippen LogP contribution in [0.15, 0.2) is 0 Å². The summed E-state index contributed by atoms with van der Waals surface area (Å²) < 4.78 is 0. The van der Waals surface area contributed by atoms with E-state index in [0.29, 0.717) is 11.9 Å². The second-order valence-electron chi connectivity index (χ2n) is 5.03. The SMILES string of the molecule is CCCCCC(=O)N(CCC)C1CCNCC1.Cl. The molecule has 0 bridgehead atoms. The Labute approximate surface area is 118 Å². The van der Waals surface area contributed by atoms with E-state index in [2.05, 4.69) is 24.1 Å². The fourth-order valence-corrected chi connectivity index (χ4v) is 2.54. The summed E-state index contributed by atoms with van der Waals surface area (Å²) in [6.07, 6.45) is 7.49. The third-order valence-electron chi connectivity index (χ3n) is 3.53. The predicted octanol–water partition coefficient (Wildman–Crippen LogP) is 2.98. The Balaban J connectivity index is 0.00000289. The van der Waals surface area contributed by atoms with Crippen LogP contribution in [0.5, 0.6) is 0 Å². The van der Waals surface area contributed by atoms with Gasteiger partial charge in [-0.15, -0.1) is 12.4 Å². The fraction of sp³-hybridized carbons (Fsp3) is 0.929. The fourth-order valence-electron chi connectivity index (χ4n) is 2.54. The van der Waals surface area contributed by atoms with Crippen LogP contribution in [0, 0.1) is 0 Å². The van der Waals surface area contributed by atoms with Gasteiger partial charge in [0.15, 0.2) is 0 Å². The zero-order valence-corrected chi connectivity index (χ0v) is 12.7. The number of carbonyl (C=O) groups excluding carboxylic acids is 1. The van der Waals surface area contributed by atoms with Gasteiger partial charge in [0.25, 0.3) is 0 Å². The summed E-state index contributed by atoms with van der Waals surface area (Å²) in [7, 11) is 0. The van der Waals surface area contributed by atoms with Crippen molar-refractivity contribution >= 4 is 18.3 Å². The molecule has 0 aromatic heterocycles. The van der Waals surface area contributed by atoms with Crippen LogP contribution in [0.1, 0.15) is 58.8 Å². The molecule has 0 radical (unpaired) electrons. The van der Waals surface area contributed by atoms with Gasteiger partial charge in [0.2, 0.25) is 5.91 Å². The number of unbranched alkanes of at least 4 members (excludes halogenated alkanes) is 2. The molecule has 0 aromatic carbocycles. The lowest BCUT2D eigenvalue weighted by molar-refractivity contribution is -0.134. The second-order valence-corrected chi connectivity index (χ2v) is 5.03. The van der Waals surface area contributed by atoms with E-state index in [0.717, 1.165) is 51.7 Å². The minimum absolute atomic E-state index is 0. The highest BCUT2D eigenvalue weighted by molar-refractivity contribution is 5.85. The highest BCUT2D eigenvalue weighted by Crippen LogP contribution is 2.15. The van der Waals surface area contributed by atoms with Crippen molar-refractivity contribution in [2.75, 3.05) is 19.6 Å². The Kier molecular flexibility index (Phi) is 10.5. The van der Waals surface area contributed by atoms with Crippen molar-refractivity contribution in [3.63, 3.8) is 0 Å². The Bertz CT molecular complexity index is 218. The lowest BCUT2D eigenvalue weighted by Crippen LogP contribution is -2.46. The molecule has 1 rings (SSSR count). The highest BCUT2D eigenvalue weighted by Gasteiger charge is 2.23. The summed E-state index contributed by atoms with van der Waals surface area (Å²) in [6, 6.07) is 0.491. The first-order valence-electron chi connectivity index (χ1n) is 7.29. The lowest BCUT2D eigenvalue weighted by Gasteiger charge is -2.34. The molecule has 3 nitrogen and oxygen atoms in total. The van der Waals surface area contributed by atoms with Crippen molar-refractivity contribution in [1.82, 2.24) is 10.2 Å². The smallest absolute Gasteiger partial charge is 0.222 e. The Hall–Kier alpha value is -0.280. The van der Waals surface area contributed by atoms with Crippen molar-refractivity contribution in [1.29, 1.82) is 0 Å². The van der Waals surface area contributed by atoms with Crippen LogP contribution < -0.4 is 5.32 Å². The number of hydrogen-bond donors (Lipinski definition) is 1. The summed E-state index contributed by atoms with van der Waals surface area (Å²) in [4.78, 5) is 14.4. The maximum atomic E-state index is 12.2. The molecular weight excluding hydrogens is 248 g/mol. The number of carbonyl (C=O) groups is 1. The first kappa shape index (κ1) is 17.7. The van der Waals surface area contributed by atoms with Crippen LogP contribution in [-0.2, 0) is 4.79 Å². The molecule has 1 fully saturated rings. The molecule has 1 amide bonds. The van der Waals surface area contributed by atoms with Crippen LogP contribution in [0.3, 0.4) is 0 Å². The van der Waals surface area contributed by atoms with Gasteiger partial charge in [-0.1, -0.05) is 26.7 Å². The standard InChI is InChI=1S/C14H28N2O.ClH/c1-3-5-6-7-14(17)16(12-4-2)13-8-10-15-11-9-13;/h13,15H,3-12H2,1-2H3;1H. The molecule has 1 aliphatic rings. The van der Waals surface area contributed by atoms with Gasteiger partial charge in [0, 0.05) is 19.0 Å². The summed E-state index contributed by atoms with van der Waals surface area (Å²) in [5.74, 6) is 0.382. The summed E-state index contributed by atoms with van der Waals surface area (Å²) in [5, 5.41) is 3.36. The minimum atomic E-state index is 0. The zero-order chi connectivity index (χ0) is 12.5. The van der Waals surface area contributed by atoms with Gasteiger partial charge in [-0.25, -0.2) is 0 Å². The maximum Gasteiger partial charge on any atom is 0.222 e. The number of nitrogens with zero attached hydrogens (tertiary/aromatic N) is 1. The average molecular weight is 277 g/mol. The number of rotatable bonds is 7. The number of halogens is 1. The van der Waals surface area contributed by atoms with E-state index in [4.69, 9.17) is 0 Å². The number of piperidine rings is 1. The second kappa shape index (κ2) is 10.6. The molecular formula is C14H29ClN2O. The molecule has 108 valence electrons. The molecule has 4 heteroatoms. The van der Waals surface area contributed by atoms with Gasteiger partial charge in [-0.05, 0) is 38.8 Å². The molecule has 1 N–H and O–H groups in total. The van der Waals surface area contributed by atoms with E-state index >= 15 is 0 Å². The number of hydrogen-bond acceptors (Lipinski definition) is 2. The third kappa shape index (κ3) is 6.05. The van der Waals surface area contributed by atoms with E-state index in [1.54, 1.807) is 0 Å². The van der Waals surface area contributed by atoms with Gasteiger partial charge in [0.05, 0.1) is 0 Å². The van der Waals surface area contributed by atoms with Gasteiger partial charge in [-0.3, -0.25) is 4.79 Å². The predicted molar refractivity (Wildman–Crippen MR) is 79.3 cm³/mol. The van der Waals surface area contributed by atoms with Crippen LogP contribution in [-0.4, -0.2) is 36.5 Å². The van der Waals surface area contributed by atoms with Crippen LogP contribution in [0.2, 0.25) is 0 Å². The highest BCUT2D eigenvalue weighted by atomic mass is 35.5. The zero-order valence-electron chi connectivity index (χ0n) is 11.9. The molecule has 0 unspecified atom stereocenters. The molecule has 1 saturated heterocycles. The quantitative estimate of drug-likeness (QED) is 0.725. The minimum Gasteiger partial charge on any atom is -0.340 e. The van der Waals surface area contributed by atoms with E-state index < -0.39 is 0 Å². The van der Waals surface area contributed by atoms with E-state index in [9.17, 15) is 4.79 Å². The Morgan fingerprint density at radius 1 is 1.17 bits per heavy atom. The first-order valence-corrected chi connectivity index (χ1v) is 7.29. The summed E-state index contributed by atoms with van der Waals surface area (Å²) in [5.41, 5.74) is 0. The Morgan fingerprint density at radius 3 is 2.39 bits per heavy atom. The molecule has 1 heterocycles. The summed E-state index contributed by atoms with van der Waals surface area (Å²) in [6.45, 7) is 7.41. The van der Waals surface area contributed by atoms with Crippen LogP contribution in [0.25, 0.3) is 0 Å². The molecule has 0 spiro atoms. The molecule has 1 aliphatic heterocycles.